The third kappa shape index (κ3) is 4.20. The number of furan rings is 1. The average molecular weight is 407 g/mol. The molecule has 1 aromatic carbocycles. The normalized spacial score (nSPS) is 20.8. The molecule has 2 atom stereocenters. The van der Waals surface area contributed by atoms with E-state index in [1.165, 1.54) is 22.7 Å². The number of nitro benzene ring substituents is 1. The Labute approximate surface area is 164 Å². The summed E-state index contributed by atoms with van der Waals surface area (Å²) in [6, 6.07) is 7.62. The van der Waals surface area contributed by atoms with Crippen molar-refractivity contribution in [3.63, 3.8) is 0 Å². The fourth-order valence-corrected chi connectivity index (χ4v) is 5.51. The Bertz CT molecular complexity index is 932. The van der Waals surface area contributed by atoms with Crippen LogP contribution in [0.4, 0.5) is 11.4 Å². The summed E-state index contributed by atoms with van der Waals surface area (Å²) in [6.45, 7) is 5.24. The quantitative estimate of drug-likeness (QED) is 0.537. The molecular weight excluding hydrogens is 382 g/mol. The van der Waals surface area contributed by atoms with Crippen LogP contribution in [0.2, 0.25) is 0 Å². The molecule has 0 spiro atoms. The van der Waals surface area contributed by atoms with Crippen LogP contribution in [0.15, 0.2) is 45.9 Å². The average Bonchev–Trinajstić information content (AvgIpc) is 3.13. The van der Waals surface area contributed by atoms with E-state index in [0.29, 0.717) is 31.1 Å². The number of piperidine rings is 1. The molecule has 0 unspecified atom stereocenters. The maximum atomic E-state index is 13.1. The van der Waals surface area contributed by atoms with Crippen molar-refractivity contribution in [2.24, 2.45) is 11.8 Å². The topological polar surface area (TPSA) is 96.9 Å². The number of nitro groups is 1. The van der Waals surface area contributed by atoms with Crippen molar-refractivity contribution in [2.45, 2.75) is 31.7 Å². The number of sulfonamides is 1. The van der Waals surface area contributed by atoms with Crippen LogP contribution in [0.1, 0.15) is 26.0 Å². The second kappa shape index (κ2) is 7.92. The van der Waals surface area contributed by atoms with Crippen LogP contribution in [-0.2, 0) is 16.6 Å². The van der Waals surface area contributed by atoms with E-state index in [9.17, 15) is 18.5 Å². The summed E-state index contributed by atoms with van der Waals surface area (Å²) in [6.07, 6.45) is 2.51. The number of rotatable bonds is 6. The largest absolute Gasteiger partial charge is 0.467 e. The Morgan fingerprint density at radius 1 is 1.25 bits per heavy atom. The molecule has 3 rings (SSSR count). The Morgan fingerprint density at radius 2 is 1.93 bits per heavy atom. The van der Waals surface area contributed by atoms with Gasteiger partial charge in [-0.25, -0.2) is 8.42 Å². The molecule has 0 N–H and O–H groups in total. The van der Waals surface area contributed by atoms with Gasteiger partial charge in [0.25, 0.3) is 5.69 Å². The van der Waals surface area contributed by atoms with Crippen molar-refractivity contribution in [2.75, 3.05) is 25.0 Å². The summed E-state index contributed by atoms with van der Waals surface area (Å²) in [5, 5.41) is 11.6. The standard InChI is InChI=1S/C19H25N3O5S/c1-14-9-15(2)12-21(11-14)28(25,26)17-6-7-18(19(10-17)22(23)24)20(3)13-16-5-4-8-27-16/h4-8,10,14-15H,9,11-13H2,1-3H3/t14-,15-/m0/s1. The van der Waals surface area contributed by atoms with Gasteiger partial charge in [0.05, 0.1) is 22.6 Å². The number of benzene rings is 1. The van der Waals surface area contributed by atoms with Gasteiger partial charge in [0.1, 0.15) is 11.4 Å². The molecule has 152 valence electrons. The molecule has 28 heavy (non-hydrogen) atoms. The van der Waals surface area contributed by atoms with Crippen LogP contribution in [0.25, 0.3) is 0 Å². The van der Waals surface area contributed by atoms with Crippen molar-refractivity contribution in [1.29, 1.82) is 0 Å². The molecule has 2 heterocycles. The molecule has 1 saturated heterocycles. The number of anilines is 1. The summed E-state index contributed by atoms with van der Waals surface area (Å²) in [5.41, 5.74) is 0.0916. The van der Waals surface area contributed by atoms with Crippen molar-refractivity contribution in [1.82, 2.24) is 4.31 Å². The zero-order valence-electron chi connectivity index (χ0n) is 16.2. The van der Waals surface area contributed by atoms with Gasteiger partial charge in [-0.3, -0.25) is 10.1 Å². The highest BCUT2D eigenvalue weighted by atomic mass is 32.2. The van der Waals surface area contributed by atoms with E-state index < -0.39 is 14.9 Å². The molecule has 8 nitrogen and oxygen atoms in total. The van der Waals surface area contributed by atoms with Gasteiger partial charge in [-0.05, 0) is 42.5 Å². The predicted molar refractivity (Wildman–Crippen MR) is 106 cm³/mol. The molecule has 0 bridgehead atoms. The first-order valence-electron chi connectivity index (χ1n) is 9.20. The molecular formula is C19H25N3O5S. The van der Waals surface area contributed by atoms with Crippen LogP contribution in [0, 0.1) is 22.0 Å². The fraction of sp³-hybridized carbons (Fsp3) is 0.474. The molecule has 0 radical (unpaired) electrons. The van der Waals surface area contributed by atoms with Crippen molar-refractivity contribution in [3.05, 3.63) is 52.5 Å². The molecule has 9 heteroatoms. The lowest BCUT2D eigenvalue weighted by molar-refractivity contribution is -0.384. The SMILES string of the molecule is C[C@H]1C[C@H](C)CN(S(=O)(=O)c2ccc(N(C)Cc3ccco3)c([N+](=O)[O-])c2)C1. The van der Waals surface area contributed by atoms with Crippen molar-refractivity contribution >= 4 is 21.4 Å². The van der Waals surface area contributed by atoms with Crippen molar-refractivity contribution in [3.8, 4) is 0 Å². The van der Waals surface area contributed by atoms with E-state index in [4.69, 9.17) is 4.42 Å². The number of hydrogen-bond donors (Lipinski definition) is 0. The highest BCUT2D eigenvalue weighted by Crippen LogP contribution is 2.33. The molecule has 1 fully saturated rings. The number of nitrogens with zero attached hydrogens (tertiary/aromatic N) is 3. The van der Waals surface area contributed by atoms with Gasteiger partial charge in [0.2, 0.25) is 10.0 Å². The fourth-order valence-electron chi connectivity index (χ4n) is 3.81. The molecule has 0 aliphatic carbocycles. The van der Waals surface area contributed by atoms with Gasteiger partial charge >= 0.3 is 0 Å². The van der Waals surface area contributed by atoms with E-state index in [-0.39, 0.29) is 22.4 Å². The minimum Gasteiger partial charge on any atom is -0.467 e. The lowest BCUT2D eigenvalue weighted by atomic mass is 9.94. The van der Waals surface area contributed by atoms with E-state index >= 15 is 0 Å². The van der Waals surface area contributed by atoms with Crippen molar-refractivity contribution < 1.29 is 17.8 Å². The number of hydrogen-bond acceptors (Lipinski definition) is 6. The minimum atomic E-state index is -3.78. The second-order valence-corrected chi connectivity index (χ2v) is 9.55. The predicted octanol–water partition coefficient (Wildman–Crippen LogP) is 3.49. The third-order valence-electron chi connectivity index (χ3n) is 5.00. The molecule has 1 aromatic heterocycles. The van der Waals surface area contributed by atoms with Crippen LogP contribution in [-0.4, -0.2) is 37.8 Å². The highest BCUT2D eigenvalue weighted by Gasteiger charge is 2.33. The van der Waals surface area contributed by atoms with Gasteiger partial charge in [-0.2, -0.15) is 4.31 Å². The summed E-state index contributed by atoms with van der Waals surface area (Å²) in [7, 11) is -2.08. The first kappa shape index (κ1) is 20.3. The van der Waals surface area contributed by atoms with Crippen LogP contribution < -0.4 is 4.90 Å². The smallest absolute Gasteiger partial charge is 0.293 e. The van der Waals surface area contributed by atoms with Gasteiger partial charge < -0.3 is 9.32 Å². The van der Waals surface area contributed by atoms with Crippen LogP contribution >= 0.6 is 0 Å². The van der Waals surface area contributed by atoms with Crippen LogP contribution in [0.5, 0.6) is 0 Å². The summed E-state index contributed by atoms with van der Waals surface area (Å²) in [5.74, 6) is 1.17. The zero-order valence-corrected chi connectivity index (χ0v) is 17.1. The monoisotopic (exact) mass is 407 g/mol. The highest BCUT2D eigenvalue weighted by molar-refractivity contribution is 7.89. The first-order valence-corrected chi connectivity index (χ1v) is 10.6. The lowest BCUT2D eigenvalue weighted by Crippen LogP contribution is -2.42. The molecule has 0 saturated carbocycles. The van der Waals surface area contributed by atoms with Gasteiger partial charge in [-0.15, -0.1) is 0 Å². The van der Waals surface area contributed by atoms with E-state index in [1.807, 2.05) is 13.8 Å². The third-order valence-corrected chi connectivity index (χ3v) is 6.83. The zero-order chi connectivity index (χ0) is 20.5. The first-order chi connectivity index (χ1) is 13.2. The van der Waals surface area contributed by atoms with Crippen LogP contribution in [0.3, 0.4) is 0 Å². The minimum absolute atomic E-state index is 0.0457. The van der Waals surface area contributed by atoms with Gasteiger partial charge in [0.15, 0.2) is 0 Å². The summed E-state index contributed by atoms with van der Waals surface area (Å²) < 4.78 is 32.9. The Hall–Kier alpha value is -2.39. The maximum Gasteiger partial charge on any atom is 0.293 e. The summed E-state index contributed by atoms with van der Waals surface area (Å²) in [4.78, 5) is 12.7. The molecule has 2 aromatic rings. The molecule has 1 aliphatic rings. The van der Waals surface area contributed by atoms with Gasteiger partial charge in [-0.1, -0.05) is 13.8 Å². The Kier molecular flexibility index (Phi) is 5.76. The van der Waals surface area contributed by atoms with E-state index in [1.54, 1.807) is 24.1 Å². The molecule has 1 aliphatic heterocycles. The lowest BCUT2D eigenvalue weighted by Gasteiger charge is -2.34. The second-order valence-electron chi connectivity index (χ2n) is 7.61. The Morgan fingerprint density at radius 3 is 2.50 bits per heavy atom. The Balaban J connectivity index is 1.93. The summed E-state index contributed by atoms with van der Waals surface area (Å²) >= 11 is 0. The maximum absolute atomic E-state index is 13.1. The van der Waals surface area contributed by atoms with E-state index in [0.717, 1.165) is 12.5 Å². The van der Waals surface area contributed by atoms with Gasteiger partial charge in [0, 0.05) is 26.2 Å². The molecule has 0 amide bonds. The van der Waals surface area contributed by atoms with E-state index in [2.05, 4.69) is 0 Å².